The van der Waals surface area contributed by atoms with Crippen LogP contribution in [0.25, 0.3) is 0 Å². The number of esters is 1. The predicted octanol–water partition coefficient (Wildman–Crippen LogP) is 2.02. The van der Waals surface area contributed by atoms with Crippen LogP contribution in [0.15, 0.2) is 0 Å². The van der Waals surface area contributed by atoms with Crippen molar-refractivity contribution in [3.05, 3.63) is 0 Å². The Hall–Kier alpha value is -0.280. The second kappa shape index (κ2) is 6.25. The van der Waals surface area contributed by atoms with Crippen LogP contribution in [0, 0.1) is 0 Å². The van der Waals surface area contributed by atoms with E-state index in [0.29, 0.717) is 6.61 Å². The van der Waals surface area contributed by atoms with E-state index < -0.39 is 5.54 Å². The highest BCUT2D eigenvalue weighted by Crippen LogP contribution is 2.25. The van der Waals surface area contributed by atoms with Gasteiger partial charge in [-0.2, -0.15) is 0 Å². The van der Waals surface area contributed by atoms with E-state index in [1.54, 1.807) is 0 Å². The molecule has 14 heavy (non-hydrogen) atoms. The molecule has 4 heteroatoms. The molecule has 3 nitrogen and oxygen atoms in total. The van der Waals surface area contributed by atoms with E-state index in [0.717, 1.165) is 25.7 Å². The van der Waals surface area contributed by atoms with E-state index in [1.807, 2.05) is 6.92 Å². The molecule has 0 saturated heterocycles. The first-order chi connectivity index (χ1) is 6.19. The summed E-state index contributed by atoms with van der Waals surface area (Å²) in [7, 11) is 0. The third kappa shape index (κ3) is 3.46. The Kier molecular flexibility index (Phi) is 6.12. The minimum Gasteiger partial charge on any atom is -0.465 e. The summed E-state index contributed by atoms with van der Waals surface area (Å²) in [6.07, 6.45) is 6.05. The summed E-state index contributed by atoms with van der Waals surface area (Å²) in [6.45, 7) is 2.25. The summed E-state index contributed by atoms with van der Waals surface area (Å²) in [4.78, 5) is 11.5. The Balaban J connectivity index is 0.00000169. The standard InChI is InChI=1S/C10H19NO2.ClH/c1-2-13-9(12)10(11)7-5-3-4-6-8-10;/h2-8,11H2,1H3;1H. The van der Waals surface area contributed by atoms with Crippen molar-refractivity contribution in [3.63, 3.8) is 0 Å². The number of carbonyl (C=O) groups excluding carboxylic acids is 1. The van der Waals surface area contributed by atoms with Crippen molar-refractivity contribution in [2.75, 3.05) is 6.61 Å². The lowest BCUT2D eigenvalue weighted by Gasteiger charge is -2.24. The van der Waals surface area contributed by atoms with Gasteiger partial charge in [-0.05, 0) is 19.8 Å². The number of hydrogen-bond donors (Lipinski definition) is 1. The van der Waals surface area contributed by atoms with Gasteiger partial charge in [0.05, 0.1) is 6.61 Å². The van der Waals surface area contributed by atoms with Crippen molar-refractivity contribution < 1.29 is 9.53 Å². The van der Waals surface area contributed by atoms with Crippen LogP contribution in [0.5, 0.6) is 0 Å². The molecule has 0 amide bonds. The van der Waals surface area contributed by atoms with Crippen molar-refractivity contribution >= 4 is 18.4 Å². The summed E-state index contributed by atoms with van der Waals surface area (Å²) in [5.41, 5.74) is 5.33. The first kappa shape index (κ1) is 13.7. The van der Waals surface area contributed by atoms with Crippen LogP contribution in [0.1, 0.15) is 45.4 Å². The van der Waals surface area contributed by atoms with Gasteiger partial charge >= 0.3 is 5.97 Å². The van der Waals surface area contributed by atoms with Crippen molar-refractivity contribution in [1.29, 1.82) is 0 Å². The summed E-state index contributed by atoms with van der Waals surface area (Å²) in [5, 5.41) is 0. The fourth-order valence-corrected chi connectivity index (χ4v) is 1.84. The average molecular weight is 222 g/mol. The summed E-state index contributed by atoms with van der Waals surface area (Å²) >= 11 is 0. The van der Waals surface area contributed by atoms with E-state index in [4.69, 9.17) is 10.5 Å². The fourth-order valence-electron chi connectivity index (χ4n) is 1.84. The highest BCUT2D eigenvalue weighted by molar-refractivity contribution is 5.85. The highest BCUT2D eigenvalue weighted by atomic mass is 35.5. The molecule has 1 saturated carbocycles. The van der Waals surface area contributed by atoms with Crippen molar-refractivity contribution in [1.82, 2.24) is 0 Å². The Morgan fingerprint density at radius 3 is 2.21 bits per heavy atom. The third-order valence-electron chi connectivity index (χ3n) is 2.68. The Labute approximate surface area is 91.8 Å². The molecule has 0 aromatic heterocycles. The van der Waals surface area contributed by atoms with E-state index in [1.165, 1.54) is 12.8 Å². The predicted molar refractivity (Wildman–Crippen MR) is 58.5 cm³/mol. The maximum atomic E-state index is 11.5. The summed E-state index contributed by atoms with van der Waals surface area (Å²) in [5.74, 6) is -0.211. The average Bonchev–Trinajstić information content (AvgIpc) is 2.32. The quantitative estimate of drug-likeness (QED) is 0.574. The third-order valence-corrected chi connectivity index (χ3v) is 2.68. The molecule has 1 aliphatic rings. The van der Waals surface area contributed by atoms with E-state index >= 15 is 0 Å². The molecular formula is C10H20ClNO2. The van der Waals surface area contributed by atoms with Crippen LogP contribution >= 0.6 is 12.4 Å². The Morgan fingerprint density at radius 1 is 1.29 bits per heavy atom. The number of ether oxygens (including phenoxy) is 1. The summed E-state index contributed by atoms with van der Waals surface area (Å²) < 4.78 is 4.98. The van der Waals surface area contributed by atoms with Crippen molar-refractivity contribution in [3.8, 4) is 0 Å². The molecule has 0 aromatic carbocycles. The lowest BCUT2D eigenvalue weighted by atomic mass is 9.92. The van der Waals surface area contributed by atoms with Crippen LogP contribution in [-0.2, 0) is 9.53 Å². The molecule has 0 aliphatic heterocycles. The molecule has 0 unspecified atom stereocenters. The van der Waals surface area contributed by atoms with Crippen molar-refractivity contribution in [2.24, 2.45) is 5.73 Å². The topological polar surface area (TPSA) is 52.3 Å². The SMILES string of the molecule is CCOC(=O)C1(N)CCCCCC1.Cl. The second-order valence-corrected chi connectivity index (χ2v) is 3.79. The van der Waals surface area contributed by atoms with Gasteiger partial charge in [0.25, 0.3) is 0 Å². The van der Waals surface area contributed by atoms with Crippen LogP contribution in [0.2, 0.25) is 0 Å². The summed E-state index contributed by atoms with van der Waals surface area (Å²) in [6, 6.07) is 0. The minimum atomic E-state index is -0.688. The smallest absolute Gasteiger partial charge is 0.326 e. The minimum absolute atomic E-state index is 0. The number of halogens is 1. The highest BCUT2D eigenvalue weighted by Gasteiger charge is 2.35. The normalized spacial score (nSPS) is 20.4. The van der Waals surface area contributed by atoms with Gasteiger partial charge in [0, 0.05) is 0 Å². The van der Waals surface area contributed by atoms with Gasteiger partial charge in [-0.25, -0.2) is 0 Å². The van der Waals surface area contributed by atoms with Gasteiger partial charge in [0.2, 0.25) is 0 Å². The van der Waals surface area contributed by atoms with Gasteiger partial charge in [0.15, 0.2) is 0 Å². The van der Waals surface area contributed by atoms with E-state index in [2.05, 4.69) is 0 Å². The molecule has 1 rings (SSSR count). The van der Waals surface area contributed by atoms with E-state index in [-0.39, 0.29) is 18.4 Å². The van der Waals surface area contributed by atoms with E-state index in [9.17, 15) is 4.79 Å². The van der Waals surface area contributed by atoms with Gasteiger partial charge < -0.3 is 10.5 Å². The zero-order valence-corrected chi connectivity index (χ0v) is 9.57. The van der Waals surface area contributed by atoms with Crippen molar-refractivity contribution in [2.45, 2.75) is 51.0 Å². The monoisotopic (exact) mass is 221 g/mol. The van der Waals surface area contributed by atoms with Crippen LogP contribution in [-0.4, -0.2) is 18.1 Å². The molecule has 0 atom stereocenters. The molecular weight excluding hydrogens is 202 g/mol. The van der Waals surface area contributed by atoms with Crippen LogP contribution in [0.4, 0.5) is 0 Å². The molecule has 1 fully saturated rings. The lowest BCUT2D eigenvalue weighted by molar-refractivity contribution is -0.150. The first-order valence-corrected chi connectivity index (χ1v) is 5.15. The lowest BCUT2D eigenvalue weighted by Crippen LogP contribution is -2.48. The molecule has 0 heterocycles. The van der Waals surface area contributed by atoms with Gasteiger partial charge in [-0.3, -0.25) is 4.79 Å². The molecule has 84 valence electrons. The van der Waals surface area contributed by atoms with Gasteiger partial charge in [-0.15, -0.1) is 12.4 Å². The molecule has 2 N–H and O–H groups in total. The molecule has 0 spiro atoms. The first-order valence-electron chi connectivity index (χ1n) is 5.15. The molecule has 0 aromatic rings. The number of rotatable bonds is 2. The maximum absolute atomic E-state index is 11.5. The second-order valence-electron chi connectivity index (χ2n) is 3.79. The zero-order chi connectivity index (χ0) is 9.73. The van der Waals surface area contributed by atoms with Gasteiger partial charge in [-0.1, -0.05) is 25.7 Å². The largest absolute Gasteiger partial charge is 0.465 e. The number of nitrogens with two attached hydrogens (primary N) is 1. The maximum Gasteiger partial charge on any atom is 0.326 e. The number of hydrogen-bond acceptors (Lipinski definition) is 3. The molecule has 1 aliphatic carbocycles. The Bertz CT molecular complexity index is 177. The molecule has 0 bridgehead atoms. The Morgan fingerprint density at radius 2 is 1.79 bits per heavy atom. The fraction of sp³-hybridized carbons (Fsp3) is 0.900. The van der Waals surface area contributed by atoms with Crippen LogP contribution in [0.3, 0.4) is 0 Å². The van der Waals surface area contributed by atoms with Crippen LogP contribution < -0.4 is 5.73 Å². The zero-order valence-electron chi connectivity index (χ0n) is 8.75. The molecule has 0 radical (unpaired) electrons. The number of carbonyl (C=O) groups is 1. The van der Waals surface area contributed by atoms with Gasteiger partial charge in [0.1, 0.15) is 5.54 Å².